The Morgan fingerprint density at radius 1 is 1.29 bits per heavy atom. The molecule has 1 heterocycles. The molecule has 0 spiro atoms. The molecule has 21 heavy (non-hydrogen) atoms. The van der Waals surface area contributed by atoms with Crippen LogP contribution in [0.5, 0.6) is 0 Å². The molecule has 1 aromatic rings. The number of urea groups is 1. The van der Waals surface area contributed by atoms with Crippen LogP contribution in [0.15, 0.2) is 18.2 Å². The number of benzene rings is 1. The van der Waals surface area contributed by atoms with Gasteiger partial charge in [0.1, 0.15) is 0 Å². The van der Waals surface area contributed by atoms with Gasteiger partial charge in [-0.25, -0.2) is 9.59 Å². The predicted octanol–water partition coefficient (Wildman–Crippen LogP) is 3.35. The quantitative estimate of drug-likeness (QED) is 0.877. The average molecular weight is 290 g/mol. The Kier molecular flexibility index (Phi) is 4.50. The molecule has 2 amide bonds. The van der Waals surface area contributed by atoms with Gasteiger partial charge in [-0.3, -0.25) is 0 Å². The normalized spacial score (nSPS) is 22.0. The third-order valence-corrected chi connectivity index (χ3v) is 4.09. The first kappa shape index (κ1) is 15.4. The molecular formula is C16H22N2O3. The molecule has 2 unspecified atom stereocenters. The molecule has 114 valence electrons. The highest BCUT2D eigenvalue weighted by molar-refractivity contribution is 5.92. The summed E-state index contributed by atoms with van der Waals surface area (Å²) in [6, 6.07) is 4.85. The van der Waals surface area contributed by atoms with Crippen LogP contribution in [0.1, 0.15) is 42.6 Å². The van der Waals surface area contributed by atoms with E-state index in [1.165, 1.54) is 6.07 Å². The number of amides is 2. The number of carboxylic acids is 1. The third kappa shape index (κ3) is 3.54. The van der Waals surface area contributed by atoms with Crippen LogP contribution in [0, 0.1) is 12.8 Å². The molecule has 0 bridgehead atoms. The number of aryl methyl sites for hydroxylation is 1. The number of rotatable bonds is 2. The van der Waals surface area contributed by atoms with Crippen molar-refractivity contribution in [2.45, 2.75) is 39.7 Å². The lowest BCUT2D eigenvalue weighted by molar-refractivity contribution is 0.0697. The summed E-state index contributed by atoms with van der Waals surface area (Å²) < 4.78 is 0. The summed E-state index contributed by atoms with van der Waals surface area (Å²) in [4.78, 5) is 25.2. The third-order valence-electron chi connectivity index (χ3n) is 4.09. The minimum absolute atomic E-state index is 0.111. The molecule has 0 aromatic heterocycles. The Bertz CT molecular complexity index is 556. The maximum atomic E-state index is 12.4. The van der Waals surface area contributed by atoms with Crippen LogP contribution in [0.4, 0.5) is 10.5 Å². The number of hydrogen-bond acceptors (Lipinski definition) is 2. The van der Waals surface area contributed by atoms with Crippen LogP contribution in [0.2, 0.25) is 0 Å². The first-order valence-corrected chi connectivity index (χ1v) is 7.30. The molecule has 2 N–H and O–H groups in total. The Labute approximate surface area is 125 Å². The topological polar surface area (TPSA) is 69.6 Å². The van der Waals surface area contributed by atoms with Crippen LogP contribution in [0.25, 0.3) is 0 Å². The van der Waals surface area contributed by atoms with E-state index in [9.17, 15) is 9.59 Å². The lowest BCUT2D eigenvalue weighted by Crippen LogP contribution is -2.47. The zero-order valence-corrected chi connectivity index (χ0v) is 12.7. The van der Waals surface area contributed by atoms with Gasteiger partial charge in [0.25, 0.3) is 0 Å². The molecule has 2 atom stereocenters. The van der Waals surface area contributed by atoms with E-state index in [0.29, 0.717) is 11.6 Å². The second-order valence-electron chi connectivity index (χ2n) is 5.95. The highest BCUT2D eigenvalue weighted by Crippen LogP contribution is 2.23. The summed E-state index contributed by atoms with van der Waals surface area (Å²) >= 11 is 0. The van der Waals surface area contributed by atoms with E-state index in [-0.39, 0.29) is 17.6 Å². The van der Waals surface area contributed by atoms with Crippen molar-refractivity contribution in [3.8, 4) is 0 Å². The van der Waals surface area contributed by atoms with E-state index >= 15 is 0 Å². The van der Waals surface area contributed by atoms with Gasteiger partial charge in [0.15, 0.2) is 0 Å². The first-order valence-electron chi connectivity index (χ1n) is 7.30. The number of nitrogens with zero attached hydrogens (tertiary/aromatic N) is 1. The lowest BCUT2D eigenvalue weighted by Gasteiger charge is -2.36. The van der Waals surface area contributed by atoms with Crippen molar-refractivity contribution in [1.82, 2.24) is 4.90 Å². The molecule has 1 fully saturated rings. The summed E-state index contributed by atoms with van der Waals surface area (Å²) in [7, 11) is 0. The molecule has 2 rings (SSSR count). The standard InChI is InChI=1S/C16H22N2O3/c1-10-4-5-12(3)18(9-10)16(21)17-14-7-6-13(15(19)20)8-11(14)2/h6-8,10,12H,4-5,9H2,1-3H3,(H,17,21)(H,19,20). The summed E-state index contributed by atoms with van der Waals surface area (Å²) in [5.74, 6) is -0.447. The summed E-state index contributed by atoms with van der Waals surface area (Å²) in [5.41, 5.74) is 1.64. The molecular weight excluding hydrogens is 268 g/mol. The molecule has 5 nitrogen and oxygen atoms in total. The summed E-state index contributed by atoms with van der Waals surface area (Å²) in [5, 5.41) is 11.8. The number of nitrogens with one attached hydrogen (secondary N) is 1. The largest absolute Gasteiger partial charge is 0.478 e. The molecule has 1 aliphatic rings. The molecule has 1 saturated heterocycles. The lowest BCUT2D eigenvalue weighted by atomic mass is 9.95. The number of carbonyl (C=O) groups excluding carboxylic acids is 1. The fourth-order valence-electron chi connectivity index (χ4n) is 2.70. The number of carbonyl (C=O) groups is 2. The molecule has 0 aliphatic carbocycles. The SMILES string of the molecule is Cc1cc(C(=O)O)ccc1NC(=O)N1CC(C)CCC1C. The van der Waals surface area contributed by atoms with Crippen LogP contribution < -0.4 is 5.32 Å². The predicted molar refractivity (Wildman–Crippen MR) is 81.7 cm³/mol. The van der Waals surface area contributed by atoms with Crippen molar-refractivity contribution in [2.24, 2.45) is 5.92 Å². The van der Waals surface area contributed by atoms with Crippen LogP contribution in [-0.2, 0) is 0 Å². The molecule has 0 radical (unpaired) electrons. The zero-order chi connectivity index (χ0) is 15.6. The van der Waals surface area contributed by atoms with E-state index in [0.717, 1.165) is 24.9 Å². The fourth-order valence-corrected chi connectivity index (χ4v) is 2.70. The van der Waals surface area contributed by atoms with Crippen LogP contribution >= 0.6 is 0 Å². The van der Waals surface area contributed by atoms with E-state index < -0.39 is 5.97 Å². The van der Waals surface area contributed by atoms with Gasteiger partial charge in [0.05, 0.1) is 5.56 Å². The highest BCUT2D eigenvalue weighted by atomic mass is 16.4. The molecule has 5 heteroatoms. The van der Waals surface area contributed by atoms with Crippen LogP contribution in [0.3, 0.4) is 0 Å². The second-order valence-corrected chi connectivity index (χ2v) is 5.95. The maximum Gasteiger partial charge on any atom is 0.335 e. The Balaban J connectivity index is 2.10. The highest BCUT2D eigenvalue weighted by Gasteiger charge is 2.27. The monoisotopic (exact) mass is 290 g/mol. The minimum Gasteiger partial charge on any atom is -0.478 e. The molecule has 0 saturated carbocycles. The van der Waals surface area contributed by atoms with E-state index in [1.807, 2.05) is 4.90 Å². The Morgan fingerprint density at radius 2 is 2.00 bits per heavy atom. The molecule has 1 aliphatic heterocycles. The van der Waals surface area contributed by atoms with Crippen LogP contribution in [-0.4, -0.2) is 34.6 Å². The van der Waals surface area contributed by atoms with E-state index in [2.05, 4.69) is 19.2 Å². The maximum absolute atomic E-state index is 12.4. The number of anilines is 1. The van der Waals surface area contributed by atoms with Crippen molar-refractivity contribution in [3.05, 3.63) is 29.3 Å². The van der Waals surface area contributed by atoms with Gasteiger partial charge in [-0.05, 0) is 56.4 Å². The van der Waals surface area contributed by atoms with Gasteiger partial charge in [-0.2, -0.15) is 0 Å². The number of likely N-dealkylation sites (tertiary alicyclic amines) is 1. The van der Waals surface area contributed by atoms with Crippen molar-refractivity contribution < 1.29 is 14.7 Å². The van der Waals surface area contributed by atoms with E-state index in [4.69, 9.17) is 5.11 Å². The Morgan fingerprint density at radius 3 is 2.62 bits per heavy atom. The number of piperidine rings is 1. The summed E-state index contributed by atoms with van der Waals surface area (Å²) in [6.07, 6.45) is 2.17. The smallest absolute Gasteiger partial charge is 0.335 e. The zero-order valence-electron chi connectivity index (χ0n) is 12.7. The van der Waals surface area contributed by atoms with Crippen molar-refractivity contribution in [3.63, 3.8) is 0 Å². The van der Waals surface area contributed by atoms with Gasteiger partial charge in [-0.15, -0.1) is 0 Å². The van der Waals surface area contributed by atoms with Crippen molar-refractivity contribution in [1.29, 1.82) is 0 Å². The number of hydrogen-bond donors (Lipinski definition) is 2. The summed E-state index contributed by atoms with van der Waals surface area (Å²) in [6.45, 7) is 6.77. The number of carboxylic acid groups (broad SMARTS) is 1. The Hall–Kier alpha value is -2.04. The van der Waals surface area contributed by atoms with Crippen molar-refractivity contribution >= 4 is 17.7 Å². The first-order chi connectivity index (χ1) is 9.88. The van der Waals surface area contributed by atoms with Gasteiger partial charge >= 0.3 is 12.0 Å². The van der Waals surface area contributed by atoms with Gasteiger partial charge in [0.2, 0.25) is 0 Å². The minimum atomic E-state index is -0.963. The molecule has 1 aromatic carbocycles. The van der Waals surface area contributed by atoms with Gasteiger partial charge in [0, 0.05) is 18.3 Å². The van der Waals surface area contributed by atoms with Gasteiger partial charge in [-0.1, -0.05) is 6.92 Å². The average Bonchev–Trinajstić information content (AvgIpc) is 2.43. The van der Waals surface area contributed by atoms with Crippen molar-refractivity contribution in [2.75, 3.05) is 11.9 Å². The van der Waals surface area contributed by atoms with Gasteiger partial charge < -0.3 is 15.3 Å². The van der Waals surface area contributed by atoms with E-state index in [1.54, 1.807) is 19.1 Å². The number of aromatic carboxylic acids is 1. The second kappa shape index (κ2) is 6.16. The fraction of sp³-hybridized carbons (Fsp3) is 0.500.